The van der Waals surface area contributed by atoms with Crippen LogP contribution in [0.2, 0.25) is 0 Å². The summed E-state index contributed by atoms with van der Waals surface area (Å²) in [6, 6.07) is 6.62. The number of hydrogen-bond acceptors (Lipinski definition) is 4. The van der Waals surface area contributed by atoms with Crippen LogP contribution in [0.15, 0.2) is 46.1 Å². The molecule has 0 saturated heterocycles. The fraction of sp³-hybridized carbons (Fsp3) is 0.125. The van der Waals surface area contributed by atoms with E-state index in [9.17, 15) is 23.9 Å². The molecule has 1 aliphatic rings. The van der Waals surface area contributed by atoms with Crippen molar-refractivity contribution in [3.8, 4) is 16.9 Å². The predicted octanol–water partition coefficient (Wildman–Crippen LogP) is 3.13. The summed E-state index contributed by atoms with van der Waals surface area (Å²) < 4.78 is 36.9. The average Bonchev–Trinajstić information content (AvgIpc) is 3.52. The molecule has 1 aliphatic heterocycles. The number of nitrogens with one attached hydrogen (secondary N) is 3. The number of aromatic carboxylic acids is 1. The summed E-state index contributed by atoms with van der Waals surface area (Å²) >= 11 is 0. The van der Waals surface area contributed by atoms with Gasteiger partial charge in [-0.2, -0.15) is 0 Å². The number of ether oxygens (including phenoxy) is 1. The minimum atomic E-state index is -1.40. The first-order valence-corrected chi connectivity index (χ1v) is 10.7. The van der Waals surface area contributed by atoms with Crippen molar-refractivity contribution in [3.05, 3.63) is 85.7 Å². The Morgan fingerprint density at radius 1 is 1.11 bits per heavy atom. The van der Waals surface area contributed by atoms with Crippen LogP contribution in [0.5, 0.6) is 5.75 Å². The van der Waals surface area contributed by atoms with E-state index >= 15 is 4.39 Å². The number of carbonyl (C=O) groups is 1. The number of hydrogen-bond donors (Lipinski definition) is 4. The zero-order valence-corrected chi connectivity index (χ0v) is 17.9. The van der Waals surface area contributed by atoms with Gasteiger partial charge in [0.2, 0.25) is 0 Å². The average molecular weight is 478 g/mol. The molecule has 4 heterocycles. The molecule has 35 heavy (non-hydrogen) atoms. The normalized spacial score (nSPS) is 12.9. The zero-order chi connectivity index (χ0) is 24.4. The summed E-state index contributed by atoms with van der Waals surface area (Å²) in [5.74, 6) is -2.51. The van der Waals surface area contributed by atoms with Crippen molar-refractivity contribution >= 4 is 27.8 Å². The fourth-order valence-electron chi connectivity index (χ4n) is 4.79. The van der Waals surface area contributed by atoms with Gasteiger partial charge in [0.1, 0.15) is 23.1 Å². The van der Waals surface area contributed by atoms with Crippen LogP contribution < -0.4 is 15.9 Å². The summed E-state index contributed by atoms with van der Waals surface area (Å²) in [6.45, 7) is -0.140. The number of fused-ring (bicyclic) bond motifs is 4. The van der Waals surface area contributed by atoms with Crippen LogP contribution in [0, 0.1) is 11.6 Å². The van der Waals surface area contributed by atoms with Crippen LogP contribution in [-0.2, 0) is 13.0 Å². The Morgan fingerprint density at radius 2 is 1.94 bits per heavy atom. The minimum absolute atomic E-state index is 0.0114. The highest BCUT2D eigenvalue weighted by molar-refractivity contribution is 6.11. The van der Waals surface area contributed by atoms with Gasteiger partial charge in [-0.3, -0.25) is 19.8 Å². The number of carboxylic acid groups (broad SMARTS) is 1. The highest BCUT2D eigenvalue weighted by Gasteiger charge is 2.32. The lowest BCUT2D eigenvalue weighted by Crippen LogP contribution is -2.14. The van der Waals surface area contributed by atoms with Gasteiger partial charge in [0.15, 0.2) is 0 Å². The van der Waals surface area contributed by atoms with Crippen LogP contribution in [0.1, 0.15) is 21.6 Å². The fourth-order valence-corrected chi connectivity index (χ4v) is 4.79. The van der Waals surface area contributed by atoms with Crippen molar-refractivity contribution in [2.45, 2.75) is 13.0 Å². The van der Waals surface area contributed by atoms with E-state index in [1.165, 1.54) is 29.0 Å². The van der Waals surface area contributed by atoms with E-state index < -0.39 is 28.7 Å². The number of carboxylic acids is 1. The molecule has 11 heteroatoms. The molecule has 0 aliphatic carbocycles. The molecule has 4 N–H and O–H groups in total. The number of nitrogens with zero attached hydrogens (tertiary/aromatic N) is 1. The van der Waals surface area contributed by atoms with Gasteiger partial charge in [0.25, 0.3) is 11.1 Å². The molecule has 0 bridgehead atoms. The third kappa shape index (κ3) is 3.01. The predicted molar refractivity (Wildman–Crippen MR) is 122 cm³/mol. The lowest BCUT2D eigenvalue weighted by Gasteiger charge is -2.11. The molecule has 0 spiro atoms. The highest BCUT2D eigenvalue weighted by atomic mass is 19.1. The van der Waals surface area contributed by atoms with E-state index in [0.29, 0.717) is 0 Å². The molecule has 0 atom stereocenters. The Hall–Kier alpha value is -4.67. The molecule has 0 fully saturated rings. The van der Waals surface area contributed by atoms with Crippen LogP contribution in [-0.4, -0.2) is 37.4 Å². The molecule has 0 amide bonds. The van der Waals surface area contributed by atoms with E-state index in [1.54, 1.807) is 6.07 Å². The van der Waals surface area contributed by atoms with Gasteiger partial charge >= 0.3 is 5.97 Å². The minimum Gasteiger partial charge on any atom is -0.492 e. The second-order valence-electron chi connectivity index (χ2n) is 8.25. The molecular weight excluding hydrogens is 462 g/mol. The molecule has 2 aromatic carbocycles. The lowest BCUT2D eigenvalue weighted by atomic mass is 10.00. The monoisotopic (exact) mass is 478 g/mol. The summed E-state index contributed by atoms with van der Waals surface area (Å²) in [5, 5.41) is 15.6. The summed E-state index contributed by atoms with van der Waals surface area (Å²) in [6.07, 6.45) is 1.70. The Balaban J connectivity index is 1.72. The number of H-pyrrole nitrogens is 3. The molecule has 9 nitrogen and oxygen atoms in total. The van der Waals surface area contributed by atoms with Crippen molar-refractivity contribution in [2.24, 2.45) is 0 Å². The standard InChI is InChI=1S/C24H16F2N4O5/c25-14-7-16-13(23(32)29-28-16)6-10(14)9-30-17-8-15(26)11-3-5-35-21(11)19(17)18(20(30)24(33)34)12-2-1-4-27-22(12)31/h1-2,4,6-8H,3,5,9H2,(H,27,31)(H,33,34)(H2,28,29,32). The molecule has 0 unspecified atom stereocenters. The van der Waals surface area contributed by atoms with Crippen molar-refractivity contribution in [2.75, 3.05) is 6.61 Å². The molecule has 6 rings (SSSR count). The molecule has 176 valence electrons. The Morgan fingerprint density at radius 3 is 2.71 bits per heavy atom. The van der Waals surface area contributed by atoms with E-state index in [1.807, 2.05) is 0 Å². The van der Waals surface area contributed by atoms with Gasteiger partial charge in [-0.05, 0) is 30.3 Å². The lowest BCUT2D eigenvalue weighted by molar-refractivity contribution is 0.0687. The molecule has 5 aromatic rings. The first kappa shape index (κ1) is 20.9. The number of rotatable bonds is 4. The van der Waals surface area contributed by atoms with Crippen molar-refractivity contribution < 1.29 is 23.4 Å². The van der Waals surface area contributed by atoms with Gasteiger partial charge in [-0.15, -0.1) is 0 Å². The maximum absolute atomic E-state index is 15.0. The van der Waals surface area contributed by atoms with E-state index in [2.05, 4.69) is 15.2 Å². The van der Waals surface area contributed by atoms with Crippen LogP contribution in [0.3, 0.4) is 0 Å². The largest absolute Gasteiger partial charge is 0.492 e. The van der Waals surface area contributed by atoms with E-state index in [0.717, 1.165) is 6.07 Å². The van der Waals surface area contributed by atoms with Crippen molar-refractivity contribution in [3.63, 3.8) is 0 Å². The summed E-state index contributed by atoms with van der Waals surface area (Å²) in [4.78, 5) is 39.9. The molecule has 0 saturated carbocycles. The van der Waals surface area contributed by atoms with Crippen LogP contribution in [0.4, 0.5) is 8.78 Å². The second-order valence-corrected chi connectivity index (χ2v) is 8.25. The highest BCUT2D eigenvalue weighted by Crippen LogP contribution is 2.44. The first-order chi connectivity index (χ1) is 16.8. The molecular formula is C24H16F2N4O5. The topological polar surface area (TPSA) is 133 Å². The molecule has 3 aromatic heterocycles. The third-order valence-electron chi connectivity index (χ3n) is 6.32. The van der Waals surface area contributed by atoms with Gasteiger partial charge in [0, 0.05) is 29.3 Å². The number of halogens is 2. The van der Waals surface area contributed by atoms with E-state index in [4.69, 9.17) is 4.74 Å². The van der Waals surface area contributed by atoms with Gasteiger partial charge in [0.05, 0.1) is 40.5 Å². The van der Waals surface area contributed by atoms with Crippen molar-refractivity contribution in [1.82, 2.24) is 19.7 Å². The maximum Gasteiger partial charge on any atom is 0.353 e. The van der Waals surface area contributed by atoms with E-state index in [-0.39, 0.29) is 75.1 Å². The van der Waals surface area contributed by atoms with Crippen LogP contribution >= 0.6 is 0 Å². The quantitative estimate of drug-likeness (QED) is 0.315. The smallest absolute Gasteiger partial charge is 0.353 e. The van der Waals surface area contributed by atoms with Crippen LogP contribution in [0.25, 0.3) is 32.9 Å². The Labute approximate surface area is 193 Å². The number of aromatic nitrogens is 4. The number of aromatic amines is 3. The summed E-state index contributed by atoms with van der Waals surface area (Å²) in [7, 11) is 0. The molecule has 0 radical (unpaired) electrons. The zero-order valence-electron chi connectivity index (χ0n) is 17.9. The Kier molecular flexibility index (Phi) is 4.43. The first-order valence-electron chi connectivity index (χ1n) is 10.7. The van der Waals surface area contributed by atoms with Gasteiger partial charge in [-0.25, -0.2) is 13.6 Å². The van der Waals surface area contributed by atoms with Crippen molar-refractivity contribution in [1.29, 1.82) is 0 Å². The van der Waals surface area contributed by atoms with Gasteiger partial charge < -0.3 is 19.4 Å². The SMILES string of the molecule is O=C(O)c1c(-c2ccc[nH]c2=O)c2c3c(c(F)cc2n1Cc1cc2c(=O)[nH][nH]c2cc1F)CCO3. The Bertz CT molecular complexity index is 1810. The summed E-state index contributed by atoms with van der Waals surface area (Å²) in [5.41, 5.74) is -0.569. The number of benzene rings is 2. The second kappa shape index (κ2) is 7.42. The maximum atomic E-state index is 15.0. The number of pyridine rings is 1. The van der Waals surface area contributed by atoms with Gasteiger partial charge in [-0.1, -0.05) is 0 Å². The third-order valence-corrected chi connectivity index (χ3v) is 6.32.